The van der Waals surface area contributed by atoms with Crippen molar-refractivity contribution in [2.45, 2.75) is 32.0 Å². The van der Waals surface area contributed by atoms with Crippen molar-refractivity contribution < 1.29 is 34.0 Å². The second-order valence-electron chi connectivity index (χ2n) is 7.53. The fourth-order valence-corrected chi connectivity index (χ4v) is 3.49. The van der Waals surface area contributed by atoms with Gasteiger partial charge < -0.3 is 34.0 Å². The van der Waals surface area contributed by atoms with Gasteiger partial charge in [-0.1, -0.05) is 0 Å². The number of aromatic hydroxyl groups is 2. The molecule has 2 aromatic carbocycles. The molecule has 152 valence electrons. The van der Waals surface area contributed by atoms with Crippen LogP contribution in [0.3, 0.4) is 0 Å². The number of hydrogen-bond donors (Lipinski definition) is 4. The largest absolute Gasteiger partial charge is 0.508 e. The number of aliphatic hydroxyl groups is 2. The van der Waals surface area contributed by atoms with Gasteiger partial charge in [-0.25, -0.2) is 4.79 Å². The highest BCUT2D eigenvalue weighted by Crippen LogP contribution is 2.43. The monoisotopic (exact) mass is 400 g/mol. The maximum atomic E-state index is 12.8. The molecule has 0 fully saturated rings. The first-order valence-electron chi connectivity index (χ1n) is 8.93. The van der Waals surface area contributed by atoms with Crippen LogP contribution in [-0.4, -0.2) is 39.2 Å². The topological polar surface area (TPSA) is 134 Å². The minimum atomic E-state index is -1.43. The van der Waals surface area contributed by atoms with Crippen LogP contribution < -0.4 is 10.4 Å². The minimum Gasteiger partial charge on any atom is -0.508 e. The molecule has 2 heterocycles. The molecule has 0 aliphatic carbocycles. The summed E-state index contributed by atoms with van der Waals surface area (Å²) in [6.07, 6.45) is -1.32. The number of methoxy groups -OCH3 is 1. The first kappa shape index (κ1) is 19.1. The summed E-state index contributed by atoms with van der Waals surface area (Å²) in [4.78, 5) is 12.8. The fourth-order valence-electron chi connectivity index (χ4n) is 3.49. The summed E-state index contributed by atoms with van der Waals surface area (Å²) < 4.78 is 16.5. The van der Waals surface area contributed by atoms with Crippen molar-refractivity contribution in [3.8, 4) is 17.2 Å². The van der Waals surface area contributed by atoms with Crippen LogP contribution in [0.4, 0.5) is 0 Å². The molecule has 1 atom stereocenters. The van der Waals surface area contributed by atoms with Gasteiger partial charge in [0.15, 0.2) is 17.1 Å². The van der Waals surface area contributed by atoms with Crippen molar-refractivity contribution in [3.05, 3.63) is 40.2 Å². The van der Waals surface area contributed by atoms with Gasteiger partial charge in [0.2, 0.25) is 0 Å². The molecular weight excluding hydrogens is 380 g/mol. The predicted octanol–water partition coefficient (Wildman–Crippen LogP) is 2.79. The summed E-state index contributed by atoms with van der Waals surface area (Å²) in [7, 11) is 1.35. The van der Waals surface area contributed by atoms with Gasteiger partial charge in [-0.2, -0.15) is 0 Å². The van der Waals surface area contributed by atoms with E-state index in [4.69, 9.17) is 13.6 Å². The highest BCUT2D eigenvalue weighted by Gasteiger charge is 2.30. The summed E-state index contributed by atoms with van der Waals surface area (Å²) in [6, 6.07) is 5.62. The third kappa shape index (κ3) is 2.97. The van der Waals surface area contributed by atoms with E-state index in [2.05, 4.69) is 0 Å². The molecule has 0 aliphatic heterocycles. The zero-order chi connectivity index (χ0) is 21.1. The molecule has 0 amide bonds. The Balaban J connectivity index is 2.15. The summed E-state index contributed by atoms with van der Waals surface area (Å²) in [5, 5.41) is 41.6. The Morgan fingerprint density at radius 1 is 1.10 bits per heavy atom. The number of phenolic OH excluding ortho intramolecular Hbond substituents is 2. The summed E-state index contributed by atoms with van der Waals surface area (Å²) in [6.45, 7) is 2.90. The number of ether oxygens (including phenoxy) is 1. The Hall–Kier alpha value is -3.23. The molecule has 0 bridgehead atoms. The molecule has 4 aromatic rings. The first-order valence-corrected chi connectivity index (χ1v) is 8.93. The molecule has 0 radical (unpaired) electrons. The molecule has 4 rings (SSSR count). The van der Waals surface area contributed by atoms with E-state index in [9.17, 15) is 25.2 Å². The van der Waals surface area contributed by atoms with E-state index in [0.717, 1.165) is 0 Å². The second kappa shape index (κ2) is 6.40. The highest BCUT2D eigenvalue weighted by atomic mass is 16.5. The molecule has 0 saturated heterocycles. The molecule has 1 unspecified atom stereocenters. The SMILES string of the molecule is COc1c(O)cc2oc3c4ccc(O)cc4oc(=O)c3c2c1CC(O)C(C)(C)O. The molecule has 0 saturated carbocycles. The van der Waals surface area contributed by atoms with E-state index >= 15 is 0 Å². The zero-order valence-corrected chi connectivity index (χ0v) is 16.0. The number of fused-ring (bicyclic) bond motifs is 5. The van der Waals surface area contributed by atoms with E-state index in [0.29, 0.717) is 16.3 Å². The smallest absolute Gasteiger partial charge is 0.348 e. The highest BCUT2D eigenvalue weighted by molar-refractivity contribution is 6.14. The Kier molecular flexibility index (Phi) is 4.21. The van der Waals surface area contributed by atoms with Crippen molar-refractivity contribution in [2.24, 2.45) is 0 Å². The van der Waals surface area contributed by atoms with Crippen LogP contribution in [0.15, 0.2) is 37.9 Å². The lowest BCUT2D eigenvalue weighted by Crippen LogP contribution is -2.37. The molecule has 29 heavy (non-hydrogen) atoms. The minimum absolute atomic E-state index is 0.0636. The second-order valence-corrected chi connectivity index (χ2v) is 7.53. The van der Waals surface area contributed by atoms with Crippen LogP contribution in [-0.2, 0) is 6.42 Å². The standard InChI is InChI=1S/C21H20O8/c1-21(2,26)15(24)7-11-16-14(8-12(23)18(11)27-3)28-19-10-5-4-9(22)6-13(10)29-20(25)17(16)19/h4-6,8,15,22-24,26H,7H2,1-3H3. The maximum Gasteiger partial charge on any atom is 0.348 e. The molecule has 2 aromatic heterocycles. The van der Waals surface area contributed by atoms with Crippen LogP contribution in [0.1, 0.15) is 19.4 Å². The number of rotatable bonds is 4. The third-order valence-electron chi connectivity index (χ3n) is 5.05. The van der Waals surface area contributed by atoms with Gasteiger partial charge in [-0.05, 0) is 26.0 Å². The average Bonchev–Trinajstić information content (AvgIpc) is 3.00. The molecule has 0 aliphatic rings. The molecule has 0 spiro atoms. The summed E-state index contributed by atoms with van der Waals surface area (Å²) in [5.41, 5.74) is -1.26. The lowest BCUT2D eigenvalue weighted by molar-refractivity contribution is -0.0469. The first-order chi connectivity index (χ1) is 13.6. The van der Waals surface area contributed by atoms with Gasteiger partial charge >= 0.3 is 5.63 Å². The van der Waals surface area contributed by atoms with Crippen LogP contribution >= 0.6 is 0 Å². The third-order valence-corrected chi connectivity index (χ3v) is 5.05. The Morgan fingerprint density at radius 3 is 2.48 bits per heavy atom. The summed E-state index contributed by atoms with van der Waals surface area (Å²) in [5.74, 6) is -0.235. The number of furan rings is 1. The van der Waals surface area contributed by atoms with Gasteiger partial charge in [0, 0.05) is 29.5 Å². The van der Waals surface area contributed by atoms with Crippen molar-refractivity contribution >= 4 is 32.9 Å². The van der Waals surface area contributed by atoms with E-state index in [1.54, 1.807) is 6.07 Å². The van der Waals surface area contributed by atoms with Gasteiger partial charge in [0.25, 0.3) is 0 Å². The van der Waals surface area contributed by atoms with Gasteiger partial charge in [0.1, 0.15) is 22.3 Å². The lowest BCUT2D eigenvalue weighted by atomic mass is 9.92. The van der Waals surface area contributed by atoms with Crippen molar-refractivity contribution in [3.63, 3.8) is 0 Å². The van der Waals surface area contributed by atoms with E-state index in [-0.39, 0.29) is 45.8 Å². The Bertz CT molecular complexity index is 1310. The number of hydrogen-bond acceptors (Lipinski definition) is 8. The number of benzene rings is 2. The van der Waals surface area contributed by atoms with Crippen LogP contribution in [0.5, 0.6) is 17.2 Å². The average molecular weight is 400 g/mol. The lowest BCUT2D eigenvalue weighted by Gasteiger charge is -2.25. The normalized spacial score (nSPS) is 13.4. The Labute approximate surface area is 164 Å². The molecule has 4 N–H and O–H groups in total. The van der Waals surface area contributed by atoms with E-state index in [1.807, 2.05) is 0 Å². The Morgan fingerprint density at radius 2 is 1.83 bits per heavy atom. The van der Waals surface area contributed by atoms with Gasteiger partial charge in [0.05, 0.1) is 24.2 Å². The van der Waals surface area contributed by atoms with Crippen LogP contribution in [0.25, 0.3) is 32.9 Å². The predicted molar refractivity (Wildman–Crippen MR) is 106 cm³/mol. The quantitative estimate of drug-likeness (QED) is 0.384. The zero-order valence-electron chi connectivity index (χ0n) is 16.0. The molecule has 8 nitrogen and oxygen atoms in total. The number of phenols is 2. The van der Waals surface area contributed by atoms with Crippen molar-refractivity contribution in [1.82, 2.24) is 0 Å². The van der Waals surface area contributed by atoms with Gasteiger partial charge in [-0.15, -0.1) is 0 Å². The number of aliphatic hydroxyl groups excluding tert-OH is 1. The van der Waals surface area contributed by atoms with Gasteiger partial charge in [-0.3, -0.25) is 0 Å². The van der Waals surface area contributed by atoms with E-state index in [1.165, 1.54) is 39.2 Å². The van der Waals surface area contributed by atoms with Crippen LogP contribution in [0.2, 0.25) is 0 Å². The van der Waals surface area contributed by atoms with Crippen molar-refractivity contribution in [2.75, 3.05) is 7.11 Å². The van der Waals surface area contributed by atoms with E-state index < -0.39 is 17.3 Å². The summed E-state index contributed by atoms with van der Waals surface area (Å²) >= 11 is 0. The molecular formula is C21H20O8. The maximum absolute atomic E-state index is 12.8. The van der Waals surface area contributed by atoms with Crippen molar-refractivity contribution in [1.29, 1.82) is 0 Å². The molecule has 8 heteroatoms. The fraction of sp³-hybridized carbons (Fsp3) is 0.286. The van der Waals surface area contributed by atoms with Crippen LogP contribution in [0, 0.1) is 0 Å².